The van der Waals surface area contributed by atoms with Gasteiger partial charge in [0.2, 0.25) is 0 Å². The third kappa shape index (κ3) is 3.92. The van der Waals surface area contributed by atoms with Gasteiger partial charge in [0.15, 0.2) is 0 Å². The molecule has 0 heterocycles. The monoisotopic (exact) mass is 269 g/mol. The van der Waals surface area contributed by atoms with Crippen molar-refractivity contribution in [3.8, 4) is 0 Å². The van der Waals surface area contributed by atoms with E-state index in [1.807, 2.05) is 44.3 Å². The second-order valence-electron chi connectivity index (χ2n) is 5.80. The van der Waals surface area contributed by atoms with Crippen LogP contribution in [-0.4, -0.2) is 23.6 Å². The maximum atomic E-state index is 10.6. The molecule has 1 unspecified atom stereocenters. The van der Waals surface area contributed by atoms with Crippen molar-refractivity contribution >= 4 is 0 Å². The molecule has 2 aromatic carbocycles. The molecule has 0 saturated carbocycles. The van der Waals surface area contributed by atoms with Gasteiger partial charge in [0.25, 0.3) is 0 Å². The first-order valence-electron chi connectivity index (χ1n) is 6.99. The van der Waals surface area contributed by atoms with Crippen LogP contribution >= 0.6 is 0 Å². The van der Waals surface area contributed by atoms with Gasteiger partial charge in [-0.2, -0.15) is 0 Å². The van der Waals surface area contributed by atoms with Crippen molar-refractivity contribution in [1.29, 1.82) is 0 Å². The van der Waals surface area contributed by atoms with E-state index >= 15 is 0 Å². The second-order valence-corrected chi connectivity index (χ2v) is 5.80. The summed E-state index contributed by atoms with van der Waals surface area (Å²) in [6.07, 6.45) is 0. The standard InChI is InChI=1S/C18H23NO/c1-15-9-11-16(12-10-15)13-19(3)14-18(2,20)17-7-5-4-6-8-17/h4-12,20H,13-14H2,1-3H3. The number of aryl methyl sites for hydroxylation is 1. The maximum Gasteiger partial charge on any atom is 0.0994 e. The summed E-state index contributed by atoms with van der Waals surface area (Å²) < 4.78 is 0. The van der Waals surface area contributed by atoms with Crippen LogP contribution < -0.4 is 0 Å². The number of hydrogen-bond donors (Lipinski definition) is 1. The first-order valence-corrected chi connectivity index (χ1v) is 6.99. The van der Waals surface area contributed by atoms with Crippen LogP contribution in [0.2, 0.25) is 0 Å². The minimum atomic E-state index is -0.833. The molecule has 2 heteroatoms. The van der Waals surface area contributed by atoms with Crippen LogP contribution in [0.25, 0.3) is 0 Å². The quantitative estimate of drug-likeness (QED) is 0.900. The van der Waals surface area contributed by atoms with Crippen LogP contribution in [0, 0.1) is 6.92 Å². The highest BCUT2D eigenvalue weighted by molar-refractivity contribution is 5.23. The summed E-state index contributed by atoms with van der Waals surface area (Å²) >= 11 is 0. The lowest BCUT2D eigenvalue weighted by Crippen LogP contribution is -2.36. The molecule has 0 bridgehead atoms. The van der Waals surface area contributed by atoms with Crippen molar-refractivity contribution in [2.75, 3.05) is 13.6 Å². The Hall–Kier alpha value is -1.64. The van der Waals surface area contributed by atoms with E-state index in [-0.39, 0.29) is 0 Å². The highest BCUT2D eigenvalue weighted by Crippen LogP contribution is 2.21. The minimum Gasteiger partial charge on any atom is -0.384 e. The van der Waals surface area contributed by atoms with Crippen LogP contribution in [0.5, 0.6) is 0 Å². The maximum absolute atomic E-state index is 10.6. The number of likely N-dealkylation sites (N-methyl/N-ethyl adjacent to an activating group) is 1. The third-order valence-electron chi connectivity index (χ3n) is 3.55. The summed E-state index contributed by atoms with van der Waals surface area (Å²) in [5, 5.41) is 10.6. The zero-order valence-corrected chi connectivity index (χ0v) is 12.5. The number of nitrogens with zero attached hydrogens (tertiary/aromatic N) is 1. The fraction of sp³-hybridized carbons (Fsp3) is 0.333. The van der Waals surface area contributed by atoms with Crippen LogP contribution in [0.3, 0.4) is 0 Å². The van der Waals surface area contributed by atoms with Crippen molar-refractivity contribution in [3.63, 3.8) is 0 Å². The van der Waals surface area contributed by atoms with Crippen LogP contribution in [0.4, 0.5) is 0 Å². The van der Waals surface area contributed by atoms with E-state index in [1.54, 1.807) is 0 Å². The van der Waals surface area contributed by atoms with Crippen molar-refractivity contribution in [1.82, 2.24) is 4.90 Å². The molecule has 1 atom stereocenters. The van der Waals surface area contributed by atoms with Gasteiger partial charge in [-0.1, -0.05) is 60.2 Å². The van der Waals surface area contributed by atoms with Gasteiger partial charge < -0.3 is 5.11 Å². The SMILES string of the molecule is Cc1ccc(CN(C)CC(C)(O)c2ccccc2)cc1. The average molecular weight is 269 g/mol. The zero-order chi connectivity index (χ0) is 14.6. The van der Waals surface area contributed by atoms with E-state index < -0.39 is 5.60 Å². The molecular formula is C18H23NO. The molecule has 0 amide bonds. The predicted octanol–water partition coefficient (Wildman–Crippen LogP) is 3.33. The third-order valence-corrected chi connectivity index (χ3v) is 3.55. The predicted molar refractivity (Wildman–Crippen MR) is 83.5 cm³/mol. The summed E-state index contributed by atoms with van der Waals surface area (Å²) in [4.78, 5) is 2.15. The highest BCUT2D eigenvalue weighted by Gasteiger charge is 2.24. The molecule has 0 spiro atoms. The van der Waals surface area contributed by atoms with Gasteiger partial charge in [0, 0.05) is 13.1 Å². The Morgan fingerprint density at radius 3 is 2.20 bits per heavy atom. The molecule has 0 aliphatic rings. The largest absolute Gasteiger partial charge is 0.384 e. The van der Waals surface area contributed by atoms with E-state index in [0.29, 0.717) is 6.54 Å². The number of aliphatic hydroxyl groups is 1. The van der Waals surface area contributed by atoms with Gasteiger partial charge in [-0.05, 0) is 32.0 Å². The Bertz CT molecular complexity index is 531. The van der Waals surface area contributed by atoms with Crippen molar-refractivity contribution in [3.05, 3.63) is 71.3 Å². The molecule has 0 aliphatic carbocycles. The normalized spacial score (nSPS) is 14.2. The van der Waals surface area contributed by atoms with Crippen LogP contribution in [-0.2, 0) is 12.1 Å². The molecule has 2 nitrogen and oxygen atoms in total. The van der Waals surface area contributed by atoms with Crippen molar-refractivity contribution < 1.29 is 5.11 Å². The summed E-state index contributed by atoms with van der Waals surface area (Å²) in [7, 11) is 2.04. The first-order chi connectivity index (χ1) is 9.47. The second kappa shape index (κ2) is 6.21. The van der Waals surface area contributed by atoms with E-state index in [1.165, 1.54) is 11.1 Å². The van der Waals surface area contributed by atoms with Gasteiger partial charge in [0.05, 0.1) is 5.60 Å². The van der Waals surface area contributed by atoms with Gasteiger partial charge in [-0.15, -0.1) is 0 Å². The number of benzene rings is 2. The molecular weight excluding hydrogens is 246 g/mol. The number of rotatable bonds is 5. The summed E-state index contributed by atoms with van der Waals surface area (Å²) in [5.74, 6) is 0. The smallest absolute Gasteiger partial charge is 0.0994 e. The molecule has 2 rings (SSSR count). The van der Waals surface area contributed by atoms with Gasteiger partial charge >= 0.3 is 0 Å². The summed E-state index contributed by atoms with van der Waals surface area (Å²) in [6.45, 7) is 5.40. The molecule has 0 saturated heterocycles. The lowest BCUT2D eigenvalue weighted by atomic mass is 9.95. The van der Waals surface area contributed by atoms with Gasteiger partial charge in [-0.25, -0.2) is 0 Å². The Balaban J connectivity index is 2.00. The first kappa shape index (κ1) is 14.8. The molecule has 2 aromatic rings. The van der Waals surface area contributed by atoms with Crippen LogP contribution in [0.1, 0.15) is 23.6 Å². The summed E-state index contributed by atoms with van der Waals surface area (Å²) in [6, 6.07) is 18.4. The lowest BCUT2D eigenvalue weighted by molar-refractivity contribution is 0.0214. The Kier molecular flexibility index (Phi) is 4.58. The molecule has 20 heavy (non-hydrogen) atoms. The highest BCUT2D eigenvalue weighted by atomic mass is 16.3. The Morgan fingerprint density at radius 2 is 1.60 bits per heavy atom. The molecule has 0 aliphatic heterocycles. The molecule has 106 valence electrons. The van der Waals surface area contributed by atoms with E-state index in [9.17, 15) is 5.11 Å². The topological polar surface area (TPSA) is 23.5 Å². The van der Waals surface area contributed by atoms with E-state index in [4.69, 9.17) is 0 Å². The lowest BCUT2D eigenvalue weighted by Gasteiger charge is -2.29. The minimum absolute atomic E-state index is 0.602. The fourth-order valence-corrected chi connectivity index (χ4v) is 2.48. The van der Waals surface area contributed by atoms with Gasteiger partial charge in [0.1, 0.15) is 0 Å². The molecule has 0 fully saturated rings. The van der Waals surface area contributed by atoms with Gasteiger partial charge in [-0.3, -0.25) is 4.90 Å². The van der Waals surface area contributed by atoms with E-state index in [0.717, 1.165) is 12.1 Å². The average Bonchev–Trinajstić information content (AvgIpc) is 2.42. The van der Waals surface area contributed by atoms with Crippen molar-refractivity contribution in [2.24, 2.45) is 0 Å². The number of hydrogen-bond acceptors (Lipinski definition) is 2. The van der Waals surface area contributed by atoms with Crippen molar-refractivity contribution in [2.45, 2.75) is 26.0 Å². The summed E-state index contributed by atoms with van der Waals surface area (Å²) in [5.41, 5.74) is 2.66. The Labute approximate surface area is 121 Å². The fourth-order valence-electron chi connectivity index (χ4n) is 2.48. The zero-order valence-electron chi connectivity index (χ0n) is 12.5. The molecule has 0 aromatic heterocycles. The molecule has 1 N–H and O–H groups in total. The van der Waals surface area contributed by atoms with E-state index in [2.05, 4.69) is 36.1 Å². The molecule has 0 radical (unpaired) electrons. The van der Waals surface area contributed by atoms with Crippen LogP contribution in [0.15, 0.2) is 54.6 Å². The Morgan fingerprint density at radius 1 is 1.00 bits per heavy atom.